The van der Waals surface area contributed by atoms with Crippen molar-refractivity contribution in [3.63, 3.8) is 0 Å². The van der Waals surface area contributed by atoms with E-state index in [2.05, 4.69) is 22.4 Å². The monoisotopic (exact) mass is 297 g/mol. The molecule has 0 radical (unpaired) electrons. The average molecular weight is 297 g/mol. The van der Waals surface area contributed by atoms with Gasteiger partial charge < -0.3 is 0 Å². The van der Waals surface area contributed by atoms with Gasteiger partial charge in [-0.05, 0) is 75.3 Å². The first-order valence-electron chi connectivity index (χ1n) is 8.40. The van der Waals surface area contributed by atoms with Crippen molar-refractivity contribution in [3.05, 3.63) is 30.1 Å². The van der Waals surface area contributed by atoms with Crippen molar-refractivity contribution >= 4 is 11.6 Å². The number of rotatable bonds is 3. The van der Waals surface area contributed by atoms with Crippen molar-refractivity contribution in [2.75, 3.05) is 0 Å². The summed E-state index contributed by atoms with van der Waals surface area (Å²) in [5.41, 5.74) is 4.68. The Hall–Kier alpha value is -1.71. The second kappa shape index (κ2) is 5.18. The Morgan fingerprint density at radius 1 is 1.23 bits per heavy atom. The molecule has 0 atom stereocenters. The molecule has 116 valence electrons. The molecule has 4 aliphatic carbocycles. The number of amides is 1. The summed E-state index contributed by atoms with van der Waals surface area (Å²) in [4.78, 5) is 16.1. The number of hydrogen-bond donors (Lipinski definition) is 1. The van der Waals surface area contributed by atoms with Crippen molar-refractivity contribution in [2.45, 2.75) is 45.4 Å². The fraction of sp³-hybridized carbons (Fsp3) is 0.611. The van der Waals surface area contributed by atoms with E-state index in [1.807, 2.05) is 0 Å². The quantitative estimate of drug-likeness (QED) is 0.686. The van der Waals surface area contributed by atoms with Crippen LogP contribution < -0.4 is 5.43 Å². The summed E-state index contributed by atoms with van der Waals surface area (Å²) < 4.78 is 0. The van der Waals surface area contributed by atoms with Gasteiger partial charge in [0, 0.05) is 23.5 Å². The minimum Gasteiger partial charge on any atom is -0.267 e. The summed E-state index contributed by atoms with van der Waals surface area (Å²) in [6, 6.07) is 3.53. The molecule has 0 saturated heterocycles. The first-order valence-corrected chi connectivity index (χ1v) is 8.40. The van der Waals surface area contributed by atoms with Gasteiger partial charge in [0.05, 0.1) is 5.56 Å². The van der Waals surface area contributed by atoms with Gasteiger partial charge in [-0.1, -0.05) is 0 Å². The zero-order valence-electron chi connectivity index (χ0n) is 13.1. The summed E-state index contributed by atoms with van der Waals surface area (Å²) in [5, 5.41) is 4.48. The van der Waals surface area contributed by atoms with E-state index in [0.717, 1.165) is 23.5 Å². The molecule has 1 aromatic heterocycles. The predicted molar refractivity (Wildman–Crippen MR) is 85.4 cm³/mol. The Balaban J connectivity index is 1.49. The van der Waals surface area contributed by atoms with Crippen LogP contribution >= 0.6 is 0 Å². The van der Waals surface area contributed by atoms with Crippen molar-refractivity contribution in [3.8, 4) is 0 Å². The molecular weight excluding hydrogens is 274 g/mol. The molecule has 5 rings (SSSR count). The fourth-order valence-corrected chi connectivity index (χ4v) is 5.37. The summed E-state index contributed by atoms with van der Waals surface area (Å²) >= 11 is 0. The van der Waals surface area contributed by atoms with E-state index in [4.69, 9.17) is 0 Å². The van der Waals surface area contributed by atoms with Gasteiger partial charge in [-0.25, -0.2) is 5.43 Å². The minimum absolute atomic E-state index is 0.169. The molecule has 1 aromatic rings. The number of hydrogen-bond acceptors (Lipinski definition) is 3. The first kappa shape index (κ1) is 13.9. The first-order chi connectivity index (χ1) is 10.6. The van der Waals surface area contributed by atoms with E-state index >= 15 is 0 Å². The zero-order chi connectivity index (χ0) is 15.2. The number of nitrogens with zero attached hydrogens (tertiary/aromatic N) is 2. The van der Waals surface area contributed by atoms with Gasteiger partial charge in [0.15, 0.2) is 0 Å². The molecular formula is C18H23N3O. The average Bonchev–Trinajstić information content (AvgIpc) is 2.51. The molecule has 0 spiro atoms. The number of carbonyl (C=O) groups excluding carboxylic acids is 1. The highest BCUT2D eigenvalue weighted by atomic mass is 16.2. The topological polar surface area (TPSA) is 54.4 Å². The van der Waals surface area contributed by atoms with Gasteiger partial charge >= 0.3 is 0 Å². The third kappa shape index (κ3) is 2.34. The summed E-state index contributed by atoms with van der Waals surface area (Å²) in [6.07, 6.45) is 11.3. The van der Waals surface area contributed by atoms with E-state index in [1.54, 1.807) is 24.5 Å². The summed E-state index contributed by atoms with van der Waals surface area (Å²) in [5.74, 6) is 2.51. The Labute approximate surface area is 131 Å². The predicted octanol–water partition coefficient (Wildman–Crippen LogP) is 3.40. The van der Waals surface area contributed by atoms with Crippen LogP contribution in [-0.2, 0) is 0 Å². The number of hydrazone groups is 1. The van der Waals surface area contributed by atoms with Gasteiger partial charge in [0.2, 0.25) is 0 Å². The van der Waals surface area contributed by atoms with Gasteiger partial charge in [-0.2, -0.15) is 5.10 Å². The lowest BCUT2D eigenvalue weighted by Gasteiger charge is -2.56. The van der Waals surface area contributed by atoms with E-state index in [0.29, 0.717) is 5.56 Å². The number of nitrogens with one attached hydrogen (secondary N) is 1. The van der Waals surface area contributed by atoms with Crippen LogP contribution in [0.3, 0.4) is 0 Å². The Bertz CT molecular complexity index is 573. The third-order valence-electron chi connectivity index (χ3n) is 6.05. The molecule has 0 unspecified atom stereocenters. The second-order valence-electron chi connectivity index (χ2n) is 7.58. The maximum Gasteiger partial charge on any atom is 0.272 e. The lowest BCUT2D eigenvalue weighted by molar-refractivity contribution is -0.0128. The highest BCUT2D eigenvalue weighted by Crippen LogP contribution is 2.60. The molecule has 4 fully saturated rings. The molecule has 1 heterocycles. The maximum atomic E-state index is 12.1. The molecule has 4 bridgehead atoms. The van der Waals surface area contributed by atoms with Crippen molar-refractivity contribution in [1.29, 1.82) is 0 Å². The van der Waals surface area contributed by atoms with Crippen LogP contribution in [0.1, 0.15) is 55.8 Å². The van der Waals surface area contributed by atoms with Crippen LogP contribution in [0.4, 0.5) is 0 Å². The van der Waals surface area contributed by atoms with Crippen LogP contribution in [0.15, 0.2) is 29.6 Å². The van der Waals surface area contributed by atoms with Gasteiger partial charge in [0.25, 0.3) is 5.91 Å². The molecule has 22 heavy (non-hydrogen) atoms. The van der Waals surface area contributed by atoms with Crippen LogP contribution in [0.25, 0.3) is 0 Å². The summed E-state index contributed by atoms with van der Waals surface area (Å²) in [6.45, 7) is 2.11. The van der Waals surface area contributed by atoms with Crippen LogP contribution in [0.5, 0.6) is 0 Å². The van der Waals surface area contributed by atoms with E-state index in [1.165, 1.54) is 38.5 Å². The Morgan fingerprint density at radius 2 is 1.86 bits per heavy atom. The van der Waals surface area contributed by atoms with Crippen molar-refractivity contribution < 1.29 is 4.79 Å². The molecule has 4 saturated carbocycles. The fourth-order valence-electron chi connectivity index (χ4n) is 5.37. The normalized spacial score (nSPS) is 36.4. The molecule has 4 aliphatic rings. The maximum absolute atomic E-state index is 12.1. The number of carbonyl (C=O) groups is 1. The largest absolute Gasteiger partial charge is 0.272 e. The minimum atomic E-state index is -0.169. The van der Waals surface area contributed by atoms with E-state index in [-0.39, 0.29) is 11.3 Å². The molecule has 4 heteroatoms. The standard InChI is InChI=1S/C18H23N3O/c1-12(20-21-17(22)16-3-2-4-19-11-16)18-8-13-5-14(9-18)7-15(6-13)10-18/h2-4,11,13-15H,5-10H2,1H3,(H,21,22)/b20-12-. The van der Waals surface area contributed by atoms with E-state index < -0.39 is 0 Å². The van der Waals surface area contributed by atoms with E-state index in [9.17, 15) is 4.79 Å². The Morgan fingerprint density at radius 3 is 2.41 bits per heavy atom. The lowest BCUT2D eigenvalue weighted by Crippen LogP contribution is -2.49. The van der Waals surface area contributed by atoms with Crippen LogP contribution in [-0.4, -0.2) is 16.6 Å². The molecule has 0 aliphatic heterocycles. The van der Waals surface area contributed by atoms with Gasteiger partial charge in [0.1, 0.15) is 0 Å². The molecule has 1 N–H and O–H groups in total. The highest BCUT2D eigenvalue weighted by Gasteiger charge is 2.52. The Kier molecular flexibility index (Phi) is 3.28. The van der Waals surface area contributed by atoms with Crippen LogP contribution in [0.2, 0.25) is 0 Å². The van der Waals surface area contributed by atoms with Crippen LogP contribution in [0, 0.1) is 23.2 Å². The zero-order valence-corrected chi connectivity index (χ0v) is 13.1. The lowest BCUT2D eigenvalue weighted by atomic mass is 9.48. The second-order valence-corrected chi connectivity index (χ2v) is 7.58. The smallest absolute Gasteiger partial charge is 0.267 e. The number of aromatic nitrogens is 1. The van der Waals surface area contributed by atoms with Crippen molar-refractivity contribution in [1.82, 2.24) is 10.4 Å². The third-order valence-corrected chi connectivity index (χ3v) is 6.05. The SMILES string of the molecule is C/C(=N/NC(=O)c1cccnc1)C12CC3CC(CC(C3)C1)C2. The van der Waals surface area contributed by atoms with Gasteiger partial charge in [-0.15, -0.1) is 0 Å². The van der Waals surface area contributed by atoms with Gasteiger partial charge in [-0.3, -0.25) is 9.78 Å². The molecule has 0 aromatic carbocycles. The van der Waals surface area contributed by atoms with Crippen molar-refractivity contribution in [2.24, 2.45) is 28.3 Å². The highest BCUT2D eigenvalue weighted by molar-refractivity contribution is 5.95. The summed E-state index contributed by atoms with van der Waals surface area (Å²) in [7, 11) is 0. The molecule has 4 nitrogen and oxygen atoms in total. The molecule has 1 amide bonds. The number of pyridine rings is 1.